The van der Waals surface area contributed by atoms with E-state index in [4.69, 9.17) is 4.98 Å². The summed E-state index contributed by atoms with van der Waals surface area (Å²) < 4.78 is 2.35. The molecule has 1 saturated heterocycles. The Labute approximate surface area is 160 Å². The molecule has 2 heterocycles. The van der Waals surface area contributed by atoms with Crippen molar-refractivity contribution < 1.29 is 4.79 Å². The van der Waals surface area contributed by atoms with Crippen molar-refractivity contribution >= 4 is 22.6 Å². The molecule has 0 spiro atoms. The quantitative estimate of drug-likeness (QED) is 0.647. The smallest absolute Gasteiger partial charge is 0.227 e. The fourth-order valence-corrected chi connectivity index (χ4v) is 3.96. The Balaban J connectivity index is 1.70. The molecule has 2 atom stereocenters. The predicted molar refractivity (Wildman–Crippen MR) is 110 cm³/mol. The number of benzene rings is 2. The second-order valence-electron chi connectivity index (χ2n) is 7.83. The molecular formula is C23H27N3O. The van der Waals surface area contributed by atoms with Crippen molar-refractivity contribution in [3.63, 3.8) is 0 Å². The van der Waals surface area contributed by atoms with Gasteiger partial charge in [0.25, 0.3) is 0 Å². The number of fused-ring (bicyclic) bond motifs is 1. The molecule has 1 aromatic heterocycles. The highest BCUT2D eigenvalue weighted by molar-refractivity contribution is 5.96. The van der Waals surface area contributed by atoms with E-state index in [0.717, 1.165) is 30.0 Å². The molecule has 0 saturated carbocycles. The van der Waals surface area contributed by atoms with Crippen molar-refractivity contribution in [2.24, 2.45) is 5.92 Å². The Morgan fingerprint density at radius 3 is 2.78 bits per heavy atom. The topological polar surface area (TPSA) is 38.1 Å². The molecule has 4 nitrogen and oxygen atoms in total. The number of hydrogen-bond acceptors (Lipinski definition) is 2. The lowest BCUT2D eigenvalue weighted by Gasteiger charge is -2.19. The number of amides is 1. The second kappa shape index (κ2) is 7.18. The molecule has 1 amide bonds. The lowest BCUT2D eigenvalue weighted by atomic mass is 10.1. The molecule has 0 N–H and O–H groups in total. The Morgan fingerprint density at radius 2 is 2.00 bits per heavy atom. The van der Waals surface area contributed by atoms with E-state index in [9.17, 15) is 4.79 Å². The monoisotopic (exact) mass is 361 g/mol. The molecule has 0 radical (unpaired) electrons. The zero-order chi connectivity index (χ0) is 19.0. The minimum atomic E-state index is 0.134. The molecule has 1 fully saturated rings. The van der Waals surface area contributed by atoms with Gasteiger partial charge in [0, 0.05) is 31.1 Å². The van der Waals surface area contributed by atoms with Crippen LogP contribution in [0.1, 0.15) is 44.0 Å². The molecule has 1 aliphatic rings. The fraction of sp³-hybridized carbons (Fsp3) is 0.391. The van der Waals surface area contributed by atoms with Crippen LogP contribution in [0, 0.1) is 12.8 Å². The van der Waals surface area contributed by atoms with Crippen LogP contribution in [-0.2, 0) is 11.3 Å². The minimum Gasteiger partial charge on any atom is -0.327 e. The van der Waals surface area contributed by atoms with E-state index >= 15 is 0 Å². The Morgan fingerprint density at radius 1 is 1.19 bits per heavy atom. The van der Waals surface area contributed by atoms with Crippen LogP contribution < -0.4 is 4.90 Å². The van der Waals surface area contributed by atoms with Gasteiger partial charge < -0.3 is 9.47 Å². The molecule has 2 aromatic carbocycles. The van der Waals surface area contributed by atoms with Gasteiger partial charge in [0.05, 0.1) is 11.0 Å². The molecule has 0 bridgehead atoms. The standard InChI is InChI=1S/C23H27N3O/c1-4-16(2)14-26-21-11-6-5-10-20(21)24-23(26)18-13-22(27)25(15-18)19-9-7-8-17(3)12-19/h5-12,16,18H,4,13-15H2,1-3H3/t16-,18-/m1/s1. The number of hydrogen-bond donors (Lipinski definition) is 0. The molecular weight excluding hydrogens is 334 g/mol. The highest BCUT2D eigenvalue weighted by Crippen LogP contribution is 2.34. The zero-order valence-corrected chi connectivity index (χ0v) is 16.4. The van der Waals surface area contributed by atoms with Crippen LogP contribution in [-0.4, -0.2) is 22.0 Å². The number of carbonyl (C=O) groups is 1. The first-order valence-corrected chi connectivity index (χ1v) is 9.89. The SMILES string of the molecule is CC[C@@H](C)Cn1c([C@@H]2CC(=O)N(c3cccc(C)c3)C2)nc2ccccc21. The maximum Gasteiger partial charge on any atom is 0.227 e. The number of imidazole rings is 1. The van der Waals surface area contributed by atoms with Crippen molar-refractivity contribution in [2.75, 3.05) is 11.4 Å². The van der Waals surface area contributed by atoms with E-state index < -0.39 is 0 Å². The largest absolute Gasteiger partial charge is 0.327 e. The second-order valence-corrected chi connectivity index (χ2v) is 7.83. The average Bonchev–Trinajstić information content (AvgIpc) is 3.22. The third-order valence-corrected chi connectivity index (χ3v) is 5.68. The van der Waals surface area contributed by atoms with Gasteiger partial charge in [-0.25, -0.2) is 4.98 Å². The van der Waals surface area contributed by atoms with Gasteiger partial charge in [-0.1, -0.05) is 44.5 Å². The molecule has 0 unspecified atom stereocenters. The summed E-state index contributed by atoms with van der Waals surface area (Å²) in [6.07, 6.45) is 1.66. The summed E-state index contributed by atoms with van der Waals surface area (Å²) in [6.45, 7) is 8.21. The number of aromatic nitrogens is 2. The molecule has 3 aromatic rings. The molecule has 0 aliphatic carbocycles. The third-order valence-electron chi connectivity index (χ3n) is 5.68. The van der Waals surface area contributed by atoms with E-state index in [1.54, 1.807) is 0 Å². The van der Waals surface area contributed by atoms with Gasteiger partial charge in [-0.3, -0.25) is 4.79 Å². The van der Waals surface area contributed by atoms with Crippen LogP contribution in [0.3, 0.4) is 0 Å². The van der Waals surface area contributed by atoms with Crippen molar-refractivity contribution in [3.05, 3.63) is 59.9 Å². The number of rotatable bonds is 5. The number of nitrogens with zero attached hydrogens (tertiary/aromatic N) is 3. The first kappa shape index (κ1) is 17.8. The van der Waals surface area contributed by atoms with Crippen LogP contribution in [0.25, 0.3) is 11.0 Å². The van der Waals surface area contributed by atoms with E-state index in [2.05, 4.69) is 55.7 Å². The number of para-hydroxylation sites is 2. The van der Waals surface area contributed by atoms with Crippen molar-refractivity contribution in [2.45, 2.75) is 46.1 Å². The molecule has 27 heavy (non-hydrogen) atoms. The summed E-state index contributed by atoms with van der Waals surface area (Å²) >= 11 is 0. The van der Waals surface area contributed by atoms with Crippen LogP contribution >= 0.6 is 0 Å². The van der Waals surface area contributed by atoms with Crippen LogP contribution in [0.4, 0.5) is 5.69 Å². The van der Waals surface area contributed by atoms with E-state index in [1.807, 2.05) is 23.1 Å². The Kier molecular flexibility index (Phi) is 4.73. The van der Waals surface area contributed by atoms with E-state index in [0.29, 0.717) is 18.9 Å². The van der Waals surface area contributed by atoms with Crippen molar-refractivity contribution in [1.82, 2.24) is 9.55 Å². The first-order valence-electron chi connectivity index (χ1n) is 9.89. The summed E-state index contributed by atoms with van der Waals surface area (Å²) in [5, 5.41) is 0. The van der Waals surface area contributed by atoms with Crippen molar-refractivity contribution in [1.29, 1.82) is 0 Å². The van der Waals surface area contributed by atoms with Gasteiger partial charge in [-0.05, 0) is 42.7 Å². The summed E-state index contributed by atoms with van der Waals surface area (Å²) in [5.74, 6) is 1.95. The average molecular weight is 361 g/mol. The summed E-state index contributed by atoms with van der Waals surface area (Å²) in [6, 6.07) is 16.5. The summed E-state index contributed by atoms with van der Waals surface area (Å²) in [5.41, 5.74) is 4.37. The lowest BCUT2D eigenvalue weighted by Crippen LogP contribution is -2.24. The van der Waals surface area contributed by atoms with Gasteiger partial charge in [0.15, 0.2) is 0 Å². The van der Waals surface area contributed by atoms with Crippen LogP contribution in [0.5, 0.6) is 0 Å². The maximum absolute atomic E-state index is 12.8. The van der Waals surface area contributed by atoms with Gasteiger partial charge in [-0.2, -0.15) is 0 Å². The van der Waals surface area contributed by atoms with Crippen molar-refractivity contribution in [3.8, 4) is 0 Å². The van der Waals surface area contributed by atoms with Crippen LogP contribution in [0.15, 0.2) is 48.5 Å². The predicted octanol–water partition coefficient (Wildman–Crippen LogP) is 4.91. The van der Waals surface area contributed by atoms with Gasteiger partial charge in [-0.15, -0.1) is 0 Å². The van der Waals surface area contributed by atoms with Gasteiger partial charge in [0.1, 0.15) is 5.82 Å². The van der Waals surface area contributed by atoms with Gasteiger partial charge >= 0.3 is 0 Å². The molecule has 140 valence electrons. The minimum absolute atomic E-state index is 0.134. The Bertz CT molecular complexity index is 975. The van der Waals surface area contributed by atoms with Gasteiger partial charge in [0.2, 0.25) is 5.91 Å². The highest BCUT2D eigenvalue weighted by Gasteiger charge is 2.35. The first-order chi connectivity index (χ1) is 13.1. The third kappa shape index (κ3) is 3.36. The molecule has 1 aliphatic heterocycles. The van der Waals surface area contributed by atoms with E-state index in [-0.39, 0.29) is 11.8 Å². The summed E-state index contributed by atoms with van der Waals surface area (Å²) in [4.78, 5) is 19.6. The zero-order valence-electron chi connectivity index (χ0n) is 16.4. The highest BCUT2D eigenvalue weighted by atomic mass is 16.2. The molecule has 4 heteroatoms. The molecule has 4 rings (SSSR count). The maximum atomic E-state index is 12.8. The fourth-order valence-electron chi connectivity index (χ4n) is 3.96. The Hall–Kier alpha value is -2.62. The van der Waals surface area contributed by atoms with E-state index in [1.165, 1.54) is 11.1 Å². The number of carbonyl (C=O) groups excluding carboxylic acids is 1. The summed E-state index contributed by atoms with van der Waals surface area (Å²) in [7, 11) is 0. The van der Waals surface area contributed by atoms with Crippen LogP contribution in [0.2, 0.25) is 0 Å². The lowest BCUT2D eigenvalue weighted by molar-refractivity contribution is -0.117. The normalized spacial score (nSPS) is 18.4. The number of anilines is 1. The number of aryl methyl sites for hydroxylation is 1.